The molecule has 17 heavy (non-hydrogen) atoms. The minimum absolute atomic E-state index is 0.0242. The lowest BCUT2D eigenvalue weighted by molar-refractivity contribution is -0.138. The van der Waals surface area contributed by atoms with Crippen LogP contribution in [0.25, 0.3) is 0 Å². The van der Waals surface area contributed by atoms with Crippen LogP contribution in [-0.4, -0.2) is 23.8 Å². The Morgan fingerprint density at radius 1 is 1.47 bits per heavy atom. The zero-order valence-electron chi connectivity index (χ0n) is 9.85. The van der Waals surface area contributed by atoms with Gasteiger partial charge in [0.15, 0.2) is 0 Å². The van der Waals surface area contributed by atoms with Crippen LogP contribution in [0.5, 0.6) is 0 Å². The van der Waals surface area contributed by atoms with Crippen LogP contribution >= 0.6 is 0 Å². The second kappa shape index (κ2) is 4.47. The lowest BCUT2D eigenvalue weighted by atomic mass is 10.0. The van der Waals surface area contributed by atoms with Gasteiger partial charge >= 0.3 is 5.97 Å². The van der Waals surface area contributed by atoms with Gasteiger partial charge in [0.25, 0.3) is 0 Å². The van der Waals surface area contributed by atoms with Crippen molar-refractivity contribution in [3.63, 3.8) is 0 Å². The molecule has 1 fully saturated rings. The lowest BCUT2D eigenvalue weighted by Gasteiger charge is -2.14. The van der Waals surface area contributed by atoms with E-state index in [9.17, 15) is 4.79 Å². The summed E-state index contributed by atoms with van der Waals surface area (Å²) < 4.78 is 5.45. The van der Waals surface area contributed by atoms with E-state index in [0.717, 1.165) is 24.8 Å². The molecular weight excluding hydrogens is 218 g/mol. The maximum absolute atomic E-state index is 10.7. The van der Waals surface area contributed by atoms with E-state index in [-0.39, 0.29) is 5.60 Å². The monoisotopic (exact) mass is 235 g/mol. The average Bonchev–Trinajstić information content (AvgIpc) is 3.09. The van der Waals surface area contributed by atoms with Crippen LogP contribution in [0.1, 0.15) is 30.0 Å². The number of carbonyl (C=O) groups is 1. The van der Waals surface area contributed by atoms with Crippen LogP contribution in [0.3, 0.4) is 0 Å². The van der Waals surface area contributed by atoms with Crippen LogP contribution in [0, 0.1) is 0 Å². The van der Waals surface area contributed by atoms with Crippen LogP contribution in [0.4, 0.5) is 0 Å². The van der Waals surface area contributed by atoms with E-state index in [1.807, 2.05) is 12.1 Å². The molecule has 2 rings (SSSR count). The van der Waals surface area contributed by atoms with Gasteiger partial charge in [-0.1, -0.05) is 24.3 Å². The Morgan fingerprint density at radius 3 is 2.47 bits per heavy atom. The molecule has 1 aliphatic rings. The third-order valence-electron chi connectivity index (χ3n) is 3.37. The van der Waals surface area contributed by atoms with Gasteiger partial charge in [-0.25, -0.2) is 0 Å². The van der Waals surface area contributed by atoms with Crippen LogP contribution in [-0.2, 0) is 16.0 Å². The Hall–Kier alpha value is -1.39. The highest BCUT2D eigenvalue weighted by Crippen LogP contribution is 2.41. The summed E-state index contributed by atoms with van der Waals surface area (Å²) in [6.45, 7) is 0. The van der Waals surface area contributed by atoms with Gasteiger partial charge in [0, 0.05) is 13.5 Å². The topological polar surface area (TPSA) is 72.5 Å². The average molecular weight is 235 g/mol. The minimum atomic E-state index is -1.01. The molecule has 0 saturated heterocycles. The lowest BCUT2D eigenvalue weighted by Crippen LogP contribution is -2.20. The number of carboxylic acid groups (broad SMARTS) is 1. The van der Waals surface area contributed by atoms with Gasteiger partial charge in [-0.2, -0.15) is 0 Å². The first-order valence-corrected chi connectivity index (χ1v) is 5.69. The van der Waals surface area contributed by atoms with Crippen molar-refractivity contribution in [1.29, 1.82) is 0 Å². The van der Waals surface area contributed by atoms with E-state index < -0.39 is 12.0 Å². The summed E-state index contributed by atoms with van der Waals surface area (Å²) in [7, 11) is 1.74. The number of hydrogen-bond acceptors (Lipinski definition) is 3. The highest BCUT2D eigenvalue weighted by atomic mass is 16.5. The molecule has 1 atom stereocenters. The molecule has 0 heterocycles. The molecule has 4 heteroatoms. The number of benzene rings is 1. The van der Waals surface area contributed by atoms with Crippen molar-refractivity contribution < 1.29 is 14.6 Å². The van der Waals surface area contributed by atoms with Gasteiger partial charge in [0.1, 0.15) is 6.04 Å². The smallest absolute Gasteiger partial charge is 0.325 e. The molecule has 0 spiro atoms. The molecular formula is C13H17NO3. The summed E-state index contributed by atoms with van der Waals surface area (Å²) in [5.41, 5.74) is 7.34. The molecule has 1 aromatic rings. The highest BCUT2D eigenvalue weighted by molar-refractivity contribution is 5.75. The van der Waals surface area contributed by atoms with E-state index in [2.05, 4.69) is 0 Å². The van der Waals surface area contributed by atoms with Gasteiger partial charge < -0.3 is 15.6 Å². The molecule has 0 aliphatic heterocycles. The summed E-state index contributed by atoms with van der Waals surface area (Å²) in [6.07, 6.45) is 3.08. The number of rotatable bonds is 5. The van der Waals surface area contributed by atoms with Crippen molar-refractivity contribution in [3.8, 4) is 0 Å². The predicted molar refractivity (Wildman–Crippen MR) is 63.7 cm³/mol. The molecule has 92 valence electrons. The quantitative estimate of drug-likeness (QED) is 0.811. The SMILES string of the molecule is COC1(Cc2ccc(C(N)C(=O)O)cc2)CC1. The van der Waals surface area contributed by atoms with Crippen LogP contribution < -0.4 is 5.73 Å². The fourth-order valence-corrected chi connectivity index (χ4v) is 1.95. The highest BCUT2D eigenvalue weighted by Gasteiger charge is 2.42. The first-order valence-electron chi connectivity index (χ1n) is 5.69. The Kier molecular flexibility index (Phi) is 3.17. The van der Waals surface area contributed by atoms with E-state index in [4.69, 9.17) is 15.6 Å². The summed E-state index contributed by atoms with van der Waals surface area (Å²) in [4.78, 5) is 10.7. The molecule has 1 unspecified atom stereocenters. The fraction of sp³-hybridized carbons (Fsp3) is 0.462. The van der Waals surface area contributed by atoms with Crippen molar-refractivity contribution >= 4 is 5.97 Å². The third-order valence-corrected chi connectivity index (χ3v) is 3.37. The molecule has 0 bridgehead atoms. The molecule has 3 N–H and O–H groups in total. The van der Waals surface area contributed by atoms with Crippen LogP contribution in [0.2, 0.25) is 0 Å². The second-order valence-electron chi connectivity index (χ2n) is 4.62. The number of methoxy groups -OCH3 is 1. The number of carboxylic acids is 1. The number of hydrogen-bond donors (Lipinski definition) is 2. The summed E-state index contributed by atoms with van der Waals surface area (Å²) in [5.74, 6) is -1.01. The molecule has 1 aliphatic carbocycles. The first-order chi connectivity index (χ1) is 8.06. The standard InChI is InChI=1S/C13H17NO3/c1-17-13(6-7-13)8-9-2-4-10(5-3-9)11(14)12(15)16/h2-5,11H,6-8,14H2,1H3,(H,15,16). The number of nitrogens with two attached hydrogens (primary N) is 1. The van der Waals surface area contributed by atoms with Crippen molar-refractivity contribution in [2.75, 3.05) is 7.11 Å². The van der Waals surface area contributed by atoms with Crippen molar-refractivity contribution in [2.45, 2.75) is 30.9 Å². The Morgan fingerprint density at radius 2 is 2.06 bits per heavy atom. The van der Waals surface area contributed by atoms with Gasteiger partial charge in [0.2, 0.25) is 0 Å². The van der Waals surface area contributed by atoms with E-state index in [1.165, 1.54) is 0 Å². The minimum Gasteiger partial charge on any atom is -0.480 e. The number of ether oxygens (including phenoxy) is 1. The van der Waals surface area contributed by atoms with E-state index in [0.29, 0.717) is 5.56 Å². The molecule has 1 aromatic carbocycles. The predicted octanol–water partition coefficient (Wildman–Crippen LogP) is 1.49. The number of aliphatic carboxylic acids is 1. The van der Waals surface area contributed by atoms with Gasteiger partial charge in [-0.3, -0.25) is 4.79 Å². The molecule has 0 radical (unpaired) electrons. The Balaban J connectivity index is 2.05. The maximum atomic E-state index is 10.7. The third kappa shape index (κ3) is 2.65. The zero-order chi connectivity index (χ0) is 12.5. The Bertz CT molecular complexity index is 409. The normalized spacial score (nSPS) is 18.7. The zero-order valence-corrected chi connectivity index (χ0v) is 9.85. The second-order valence-corrected chi connectivity index (χ2v) is 4.62. The Labute approximate surface area is 100 Å². The van der Waals surface area contributed by atoms with Gasteiger partial charge in [-0.05, 0) is 24.0 Å². The summed E-state index contributed by atoms with van der Waals surface area (Å²) in [5, 5.41) is 8.79. The molecule has 4 nitrogen and oxygen atoms in total. The maximum Gasteiger partial charge on any atom is 0.325 e. The molecule has 1 saturated carbocycles. The summed E-state index contributed by atoms with van der Waals surface area (Å²) >= 11 is 0. The van der Waals surface area contributed by atoms with Crippen molar-refractivity contribution in [3.05, 3.63) is 35.4 Å². The van der Waals surface area contributed by atoms with Crippen LogP contribution in [0.15, 0.2) is 24.3 Å². The molecule has 0 amide bonds. The van der Waals surface area contributed by atoms with Gasteiger partial charge in [0.05, 0.1) is 5.60 Å². The fourth-order valence-electron chi connectivity index (χ4n) is 1.95. The molecule has 0 aromatic heterocycles. The van der Waals surface area contributed by atoms with Crippen molar-refractivity contribution in [1.82, 2.24) is 0 Å². The van der Waals surface area contributed by atoms with E-state index in [1.54, 1.807) is 19.2 Å². The first kappa shape index (κ1) is 12.1. The van der Waals surface area contributed by atoms with Gasteiger partial charge in [-0.15, -0.1) is 0 Å². The largest absolute Gasteiger partial charge is 0.480 e. The summed E-state index contributed by atoms with van der Waals surface area (Å²) in [6, 6.07) is 6.47. The van der Waals surface area contributed by atoms with E-state index >= 15 is 0 Å². The van der Waals surface area contributed by atoms with Crippen molar-refractivity contribution in [2.24, 2.45) is 5.73 Å².